The third kappa shape index (κ3) is 2.58. The van der Waals surface area contributed by atoms with E-state index in [1.54, 1.807) is 0 Å². The van der Waals surface area contributed by atoms with Crippen LogP contribution in [0, 0.1) is 0 Å². The van der Waals surface area contributed by atoms with E-state index < -0.39 is 0 Å². The van der Waals surface area contributed by atoms with E-state index in [1.807, 2.05) is 0 Å². The average molecular weight is 205 g/mol. The molecule has 0 amide bonds. The van der Waals surface area contributed by atoms with Crippen molar-refractivity contribution >= 4 is 0 Å². The van der Waals surface area contributed by atoms with Crippen molar-refractivity contribution in [3.63, 3.8) is 0 Å². The first kappa shape index (κ1) is 10.7. The number of hydrogen-bond donors (Lipinski definition) is 1. The molecule has 0 aromatic heterocycles. The van der Waals surface area contributed by atoms with Crippen molar-refractivity contribution in [2.75, 3.05) is 19.7 Å². The normalized spacial score (nSPS) is 22.1. The zero-order valence-corrected chi connectivity index (χ0v) is 9.10. The Morgan fingerprint density at radius 3 is 2.80 bits per heavy atom. The minimum Gasteiger partial charge on any atom is -0.396 e. The van der Waals surface area contributed by atoms with E-state index in [4.69, 9.17) is 5.11 Å². The molecule has 2 nitrogen and oxygen atoms in total. The zero-order valence-electron chi connectivity index (χ0n) is 9.10. The van der Waals surface area contributed by atoms with E-state index in [2.05, 4.69) is 35.2 Å². The maximum absolute atomic E-state index is 8.86. The second-order valence-corrected chi connectivity index (χ2v) is 4.18. The molecule has 1 heterocycles. The molecule has 1 fully saturated rings. The van der Waals surface area contributed by atoms with E-state index in [-0.39, 0.29) is 0 Å². The molecule has 0 spiro atoms. The Balaban J connectivity index is 2.01. The van der Waals surface area contributed by atoms with Crippen LogP contribution in [0.3, 0.4) is 0 Å². The van der Waals surface area contributed by atoms with Crippen molar-refractivity contribution < 1.29 is 5.11 Å². The number of likely N-dealkylation sites (tertiary alicyclic amines) is 1. The van der Waals surface area contributed by atoms with Gasteiger partial charge < -0.3 is 5.11 Å². The van der Waals surface area contributed by atoms with Crippen LogP contribution in [-0.4, -0.2) is 29.7 Å². The smallest absolute Gasteiger partial charge is 0.0443 e. The molecule has 1 aliphatic rings. The van der Waals surface area contributed by atoms with Crippen LogP contribution in [0.4, 0.5) is 0 Å². The first-order valence-electron chi connectivity index (χ1n) is 5.81. The molecule has 1 unspecified atom stereocenters. The van der Waals surface area contributed by atoms with Gasteiger partial charge in [0.05, 0.1) is 0 Å². The van der Waals surface area contributed by atoms with Gasteiger partial charge >= 0.3 is 0 Å². The molecule has 1 saturated heterocycles. The van der Waals surface area contributed by atoms with Crippen LogP contribution in [0.1, 0.15) is 30.9 Å². The fraction of sp³-hybridized carbons (Fsp3) is 0.538. The van der Waals surface area contributed by atoms with Gasteiger partial charge in [-0.3, -0.25) is 4.90 Å². The van der Waals surface area contributed by atoms with Crippen molar-refractivity contribution in [1.29, 1.82) is 0 Å². The molecular weight excluding hydrogens is 186 g/mol. The van der Waals surface area contributed by atoms with Crippen LogP contribution in [0.15, 0.2) is 30.3 Å². The number of aliphatic hydroxyl groups is 1. The summed E-state index contributed by atoms with van der Waals surface area (Å²) in [6.07, 6.45) is 3.43. The molecular formula is C13H19NO. The van der Waals surface area contributed by atoms with Crippen molar-refractivity contribution in [2.24, 2.45) is 0 Å². The number of aliphatic hydroxyl groups excluding tert-OH is 1. The summed E-state index contributed by atoms with van der Waals surface area (Å²) in [6, 6.07) is 11.3. The Bertz CT molecular complexity index is 286. The predicted molar refractivity (Wildman–Crippen MR) is 61.7 cm³/mol. The topological polar surface area (TPSA) is 23.5 Å². The van der Waals surface area contributed by atoms with E-state index >= 15 is 0 Å². The van der Waals surface area contributed by atoms with Gasteiger partial charge in [-0.1, -0.05) is 30.3 Å². The van der Waals surface area contributed by atoms with Crippen molar-refractivity contribution in [2.45, 2.75) is 25.3 Å². The van der Waals surface area contributed by atoms with Crippen LogP contribution in [0.5, 0.6) is 0 Å². The van der Waals surface area contributed by atoms with Gasteiger partial charge in [0.15, 0.2) is 0 Å². The molecule has 1 N–H and O–H groups in total. The van der Waals surface area contributed by atoms with Crippen LogP contribution in [0.25, 0.3) is 0 Å². The van der Waals surface area contributed by atoms with Gasteiger partial charge in [-0.05, 0) is 31.4 Å². The summed E-state index contributed by atoms with van der Waals surface area (Å²) in [4.78, 5) is 2.49. The number of hydrogen-bond acceptors (Lipinski definition) is 2. The minimum absolute atomic E-state index is 0.304. The fourth-order valence-corrected chi connectivity index (χ4v) is 2.42. The molecule has 1 atom stereocenters. The second kappa shape index (κ2) is 5.29. The average Bonchev–Trinajstić information content (AvgIpc) is 2.75. The molecule has 82 valence electrons. The van der Waals surface area contributed by atoms with Gasteiger partial charge in [-0.2, -0.15) is 0 Å². The van der Waals surface area contributed by atoms with Gasteiger partial charge in [-0.15, -0.1) is 0 Å². The summed E-state index contributed by atoms with van der Waals surface area (Å²) in [6.45, 7) is 2.51. The Labute approximate surface area is 91.5 Å². The molecule has 15 heavy (non-hydrogen) atoms. The highest BCUT2D eigenvalue weighted by Gasteiger charge is 2.24. The molecule has 1 aliphatic heterocycles. The monoisotopic (exact) mass is 205 g/mol. The third-order valence-corrected chi connectivity index (χ3v) is 3.15. The Morgan fingerprint density at radius 1 is 1.27 bits per heavy atom. The highest BCUT2D eigenvalue weighted by atomic mass is 16.3. The van der Waals surface area contributed by atoms with Crippen LogP contribution >= 0.6 is 0 Å². The van der Waals surface area contributed by atoms with Crippen LogP contribution in [0.2, 0.25) is 0 Å². The largest absolute Gasteiger partial charge is 0.396 e. The second-order valence-electron chi connectivity index (χ2n) is 4.18. The Kier molecular flexibility index (Phi) is 3.75. The molecule has 0 bridgehead atoms. The molecule has 2 heteroatoms. The summed E-state index contributed by atoms with van der Waals surface area (Å²) >= 11 is 0. The molecule has 0 aliphatic carbocycles. The third-order valence-electron chi connectivity index (χ3n) is 3.15. The maximum atomic E-state index is 8.86. The minimum atomic E-state index is 0.304. The van der Waals surface area contributed by atoms with E-state index in [0.29, 0.717) is 12.6 Å². The number of benzene rings is 1. The van der Waals surface area contributed by atoms with Gasteiger partial charge in [0, 0.05) is 19.2 Å². The number of rotatable bonds is 4. The molecule has 1 aromatic carbocycles. The SMILES string of the molecule is OCCCN1CCCC1c1ccccc1. The summed E-state index contributed by atoms with van der Waals surface area (Å²) < 4.78 is 0. The summed E-state index contributed by atoms with van der Waals surface area (Å²) in [7, 11) is 0. The first-order chi connectivity index (χ1) is 7.42. The number of nitrogens with zero attached hydrogens (tertiary/aromatic N) is 1. The van der Waals surface area contributed by atoms with E-state index in [0.717, 1.165) is 13.0 Å². The summed E-state index contributed by atoms with van der Waals surface area (Å²) in [5.41, 5.74) is 1.42. The Hall–Kier alpha value is -0.860. The fourth-order valence-electron chi connectivity index (χ4n) is 2.42. The van der Waals surface area contributed by atoms with Gasteiger partial charge in [-0.25, -0.2) is 0 Å². The highest BCUT2D eigenvalue weighted by molar-refractivity contribution is 5.19. The quantitative estimate of drug-likeness (QED) is 0.814. The maximum Gasteiger partial charge on any atom is 0.0443 e. The van der Waals surface area contributed by atoms with Gasteiger partial charge in [0.25, 0.3) is 0 Å². The molecule has 0 saturated carbocycles. The summed E-state index contributed by atoms with van der Waals surface area (Å²) in [5.74, 6) is 0. The molecule has 2 rings (SSSR count). The van der Waals surface area contributed by atoms with Gasteiger partial charge in [0.2, 0.25) is 0 Å². The summed E-state index contributed by atoms with van der Waals surface area (Å²) in [5, 5.41) is 8.86. The lowest BCUT2D eigenvalue weighted by atomic mass is 10.0. The molecule has 1 aromatic rings. The predicted octanol–water partition coefficient (Wildman–Crippen LogP) is 2.21. The lowest BCUT2D eigenvalue weighted by Crippen LogP contribution is -2.24. The van der Waals surface area contributed by atoms with Crippen molar-refractivity contribution in [3.05, 3.63) is 35.9 Å². The first-order valence-corrected chi connectivity index (χ1v) is 5.81. The lowest BCUT2D eigenvalue weighted by Gasteiger charge is -2.24. The van der Waals surface area contributed by atoms with Crippen LogP contribution in [-0.2, 0) is 0 Å². The zero-order chi connectivity index (χ0) is 10.5. The van der Waals surface area contributed by atoms with E-state index in [9.17, 15) is 0 Å². The molecule has 0 radical (unpaired) electrons. The standard InChI is InChI=1S/C13H19NO/c15-11-5-10-14-9-4-8-13(14)12-6-2-1-3-7-12/h1-3,6-7,13,15H,4-5,8-11H2. The van der Waals surface area contributed by atoms with Crippen molar-refractivity contribution in [1.82, 2.24) is 4.90 Å². The lowest BCUT2D eigenvalue weighted by molar-refractivity contribution is 0.214. The highest BCUT2D eigenvalue weighted by Crippen LogP contribution is 2.31. The Morgan fingerprint density at radius 2 is 2.07 bits per heavy atom. The van der Waals surface area contributed by atoms with E-state index in [1.165, 1.54) is 24.9 Å². The van der Waals surface area contributed by atoms with Gasteiger partial charge in [0.1, 0.15) is 0 Å². The van der Waals surface area contributed by atoms with Crippen LogP contribution < -0.4 is 0 Å². The van der Waals surface area contributed by atoms with Crippen molar-refractivity contribution in [3.8, 4) is 0 Å².